The molecule has 2 rings (SSSR count). The minimum absolute atomic E-state index is 0.141. The molecule has 0 bridgehead atoms. The average Bonchev–Trinajstić information content (AvgIpc) is 2.56. The molecule has 0 fully saturated rings. The zero-order chi connectivity index (χ0) is 17.4. The van der Waals surface area contributed by atoms with Crippen LogP contribution >= 0.6 is 11.6 Å². The van der Waals surface area contributed by atoms with Crippen LogP contribution in [-0.2, 0) is 0 Å². The van der Waals surface area contributed by atoms with Gasteiger partial charge in [0.1, 0.15) is 25.1 Å². The van der Waals surface area contributed by atoms with Crippen molar-refractivity contribution in [3.63, 3.8) is 0 Å². The lowest BCUT2D eigenvalue weighted by molar-refractivity contribution is 0.0721. The molecule has 0 radical (unpaired) electrons. The van der Waals surface area contributed by atoms with Crippen molar-refractivity contribution in [1.82, 2.24) is 4.90 Å². The molecule has 0 spiro atoms. The fourth-order valence-electron chi connectivity index (χ4n) is 2.12. The largest absolute Gasteiger partial charge is 0.489 e. The molecule has 4 nitrogen and oxygen atoms in total. The zero-order valence-corrected chi connectivity index (χ0v) is 14.2. The van der Waals surface area contributed by atoms with Crippen molar-refractivity contribution >= 4 is 11.6 Å². The summed E-state index contributed by atoms with van der Waals surface area (Å²) in [6.07, 6.45) is -0.667. The van der Waals surface area contributed by atoms with E-state index in [9.17, 15) is 9.50 Å². The quantitative estimate of drug-likeness (QED) is 0.751. The lowest BCUT2D eigenvalue weighted by Gasteiger charge is -2.21. The number of aliphatic hydroxyl groups excluding tert-OH is 1. The van der Waals surface area contributed by atoms with Crippen LogP contribution in [0.1, 0.15) is 0 Å². The van der Waals surface area contributed by atoms with E-state index in [1.54, 1.807) is 30.3 Å². The van der Waals surface area contributed by atoms with Crippen LogP contribution in [0.15, 0.2) is 48.5 Å². The van der Waals surface area contributed by atoms with E-state index < -0.39 is 6.10 Å². The molecule has 130 valence electrons. The van der Waals surface area contributed by atoms with Gasteiger partial charge in [-0.25, -0.2) is 4.39 Å². The summed E-state index contributed by atoms with van der Waals surface area (Å²) < 4.78 is 24.3. The molecular weight excluding hydrogens is 333 g/mol. The number of rotatable bonds is 9. The summed E-state index contributed by atoms with van der Waals surface area (Å²) >= 11 is 5.99. The van der Waals surface area contributed by atoms with Gasteiger partial charge in [-0.2, -0.15) is 0 Å². The highest BCUT2D eigenvalue weighted by molar-refractivity contribution is 6.32. The van der Waals surface area contributed by atoms with Crippen LogP contribution in [0.4, 0.5) is 4.39 Å². The van der Waals surface area contributed by atoms with Crippen LogP contribution in [0, 0.1) is 5.82 Å². The Morgan fingerprint density at radius 2 is 1.75 bits per heavy atom. The molecule has 0 saturated carbocycles. The SMILES string of the molecule is CN(CCOc1ccccc1F)CC(O)COc1ccccc1Cl. The molecule has 2 aromatic rings. The van der Waals surface area contributed by atoms with E-state index in [-0.39, 0.29) is 18.2 Å². The molecule has 1 atom stereocenters. The van der Waals surface area contributed by atoms with Gasteiger partial charge in [0.05, 0.1) is 5.02 Å². The van der Waals surface area contributed by atoms with Crippen molar-refractivity contribution < 1.29 is 19.0 Å². The van der Waals surface area contributed by atoms with Crippen molar-refractivity contribution in [1.29, 1.82) is 0 Å². The Morgan fingerprint density at radius 1 is 1.08 bits per heavy atom. The number of halogens is 2. The van der Waals surface area contributed by atoms with E-state index in [1.807, 2.05) is 24.1 Å². The Hall–Kier alpha value is -1.82. The molecule has 0 heterocycles. The molecule has 2 aromatic carbocycles. The summed E-state index contributed by atoms with van der Waals surface area (Å²) in [6.45, 7) is 1.43. The van der Waals surface area contributed by atoms with Gasteiger partial charge in [0, 0.05) is 13.1 Å². The van der Waals surface area contributed by atoms with E-state index >= 15 is 0 Å². The highest BCUT2D eigenvalue weighted by atomic mass is 35.5. The van der Waals surface area contributed by atoms with E-state index in [4.69, 9.17) is 21.1 Å². The Bertz CT molecular complexity index is 641. The number of benzene rings is 2. The number of hydrogen-bond acceptors (Lipinski definition) is 4. The molecule has 1 N–H and O–H groups in total. The molecule has 24 heavy (non-hydrogen) atoms. The smallest absolute Gasteiger partial charge is 0.165 e. The Morgan fingerprint density at radius 3 is 2.46 bits per heavy atom. The molecule has 0 saturated heterocycles. The lowest BCUT2D eigenvalue weighted by Crippen LogP contribution is -2.35. The minimum Gasteiger partial charge on any atom is -0.489 e. The molecule has 0 amide bonds. The molecule has 1 unspecified atom stereocenters. The summed E-state index contributed by atoms with van der Waals surface area (Å²) in [7, 11) is 1.85. The Balaban J connectivity index is 1.67. The molecule has 0 aliphatic heterocycles. The summed E-state index contributed by atoms with van der Waals surface area (Å²) in [5.41, 5.74) is 0. The van der Waals surface area contributed by atoms with E-state index in [0.29, 0.717) is 30.5 Å². The standard InChI is InChI=1S/C18H21ClFNO3/c1-21(10-11-23-18-9-5-3-7-16(18)20)12-14(22)13-24-17-8-4-2-6-15(17)19/h2-9,14,22H,10-13H2,1H3. The van der Waals surface area contributed by atoms with Gasteiger partial charge in [-0.05, 0) is 31.3 Å². The van der Waals surface area contributed by atoms with Gasteiger partial charge in [0.2, 0.25) is 0 Å². The van der Waals surface area contributed by atoms with Gasteiger partial charge in [0.25, 0.3) is 0 Å². The van der Waals surface area contributed by atoms with Crippen molar-refractivity contribution in [3.8, 4) is 11.5 Å². The van der Waals surface area contributed by atoms with Gasteiger partial charge >= 0.3 is 0 Å². The lowest BCUT2D eigenvalue weighted by atomic mass is 10.3. The highest BCUT2D eigenvalue weighted by Gasteiger charge is 2.11. The summed E-state index contributed by atoms with van der Waals surface area (Å²) in [4.78, 5) is 1.89. The van der Waals surface area contributed by atoms with Crippen LogP contribution in [-0.4, -0.2) is 49.5 Å². The first-order chi connectivity index (χ1) is 11.6. The second-order valence-corrected chi connectivity index (χ2v) is 5.84. The van der Waals surface area contributed by atoms with Gasteiger partial charge in [-0.1, -0.05) is 35.9 Å². The third kappa shape index (κ3) is 6.00. The highest BCUT2D eigenvalue weighted by Crippen LogP contribution is 2.23. The third-order valence-corrected chi connectivity index (χ3v) is 3.67. The summed E-state index contributed by atoms with van der Waals surface area (Å²) in [6, 6.07) is 13.4. The number of hydrogen-bond donors (Lipinski definition) is 1. The van der Waals surface area contributed by atoms with Crippen molar-refractivity contribution in [2.75, 3.05) is 33.4 Å². The second kappa shape index (κ2) is 9.47. The fraction of sp³-hybridized carbons (Fsp3) is 0.333. The summed E-state index contributed by atoms with van der Waals surface area (Å²) in [5, 5.41) is 10.5. The van der Waals surface area contributed by atoms with Gasteiger partial charge in [-0.3, -0.25) is 0 Å². The number of aliphatic hydroxyl groups is 1. The maximum absolute atomic E-state index is 13.4. The number of ether oxygens (including phenoxy) is 2. The first-order valence-electron chi connectivity index (χ1n) is 7.67. The van der Waals surface area contributed by atoms with Crippen LogP contribution in [0.25, 0.3) is 0 Å². The van der Waals surface area contributed by atoms with Crippen LogP contribution < -0.4 is 9.47 Å². The van der Waals surface area contributed by atoms with E-state index in [2.05, 4.69) is 0 Å². The van der Waals surface area contributed by atoms with Gasteiger partial charge < -0.3 is 19.5 Å². The fourth-order valence-corrected chi connectivity index (χ4v) is 2.32. The second-order valence-electron chi connectivity index (χ2n) is 5.44. The predicted molar refractivity (Wildman–Crippen MR) is 92.3 cm³/mol. The van der Waals surface area contributed by atoms with Gasteiger partial charge in [-0.15, -0.1) is 0 Å². The maximum atomic E-state index is 13.4. The monoisotopic (exact) mass is 353 g/mol. The summed E-state index contributed by atoms with van der Waals surface area (Å²) in [5.74, 6) is 0.394. The van der Waals surface area contributed by atoms with Crippen molar-refractivity contribution in [2.24, 2.45) is 0 Å². The Labute approximate surface area is 146 Å². The van der Waals surface area contributed by atoms with Crippen LogP contribution in [0.5, 0.6) is 11.5 Å². The molecule has 6 heteroatoms. The van der Waals surface area contributed by atoms with Crippen molar-refractivity contribution in [3.05, 3.63) is 59.4 Å². The topological polar surface area (TPSA) is 41.9 Å². The third-order valence-electron chi connectivity index (χ3n) is 3.36. The molecule has 0 aliphatic carbocycles. The van der Waals surface area contributed by atoms with E-state index in [0.717, 1.165) is 0 Å². The van der Waals surface area contributed by atoms with E-state index in [1.165, 1.54) is 6.07 Å². The molecule has 0 aliphatic rings. The molecular formula is C18H21ClFNO3. The van der Waals surface area contributed by atoms with Crippen molar-refractivity contribution in [2.45, 2.75) is 6.10 Å². The Kier molecular flexibility index (Phi) is 7.31. The van der Waals surface area contributed by atoms with Crippen LogP contribution in [0.3, 0.4) is 0 Å². The average molecular weight is 354 g/mol. The zero-order valence-electron chi connectivity index (χ0n) is 13.5. The number of likely N-dealkylation sites (N-methyl/N-ethyl adjacent to an activating group) is 1. The number of nitrogens with zero attached hydrogens (tertiary/aromatic N) is 1. The first kappa shape index (κ1) is 18.5. The molecule has 0 aromatic heterocycles. The first-order valence-corrected chi connectivity index (χ1v) is 8.05. The number of para-hydroxylation sites is 2. The maximum Gasteiger partial charge on any atom is 0.165 e. The minimum atomic E-state index is -0.667. The predicted octanol–water partition coefficient (Wildman–Crippen LogP) is 3.23. The van der Waals surface area contributed by atoms with Gasteiger partial charge in [0.15, 0.2) is 11.6 Å². The van der Waals surface area contributed by atoms with Crippen LogP contribution in [0.2, 0.25) is 5.02 Å². The normalized spacial score (nSPS) is 12.2.